The Balaban J connectivity index is 3.70. The van der Waals surface area contributed by atoms with Gasteiger partial charge in [-0.2, -0.15) is 13.4 Å². The molecule has 0 aliphatic rings. The minimum Gasteiger partial charge on any atom is -0.398 e. The van der Waals surface area contributed by atoms with Crippen molar-refractivity contribution in [2.75, 3.05) is 11.5 Å². The van der Waals surface area contributed by atoms with E-state index in [2.05, 4.69) is 39.0 Å². The Morgan fingerprint density at radius 3 is 2.35 bits per heavy atom. The quantitative estimate of drug-likeness (QED) is 0.493. The van der Waals surface area contributed by atoms with Gasteiger partial charge < -0.3 is 11.5 Å². The molecule has 1 aromatic rings. The van der Waals surface area contributed by atoms with E-state index in [0.717, 1.165) is 0 Å². The summed E-state index contributed by atoms with van der Waals surface area (Å²) in [5.41, 5.74) is 11.1. The number of aliphatic imine (C=N–C) groups is 1. The molecule has 1 aromatic carbocycles. The second kappa shape index (κ2) is 5.13. The van der Waals surface area contributed by atoms with E-state index in [4.69, 9.17) is 11.5 Å². The van der Waals surface area contributed by atoms with Gasteiger partial charge in [-0.15, -0.1) is 4.40 Å². The molecule has 4 N–H and O–H groups in total. The van der Waals surface area contributed by atoms with Crippen molar-refractivity contribution in [3.05, 3.63) is 12.1 Å². The first kappa shape index (κ1) is 13.4. The molecular formula is C8H6N4O2S3. The van der Waals surface area contributed by atoms with Crippen LogP contribution in [0.1, 0.15) is 0 Å². The zero-order valence-electron chi connectivity index (χ0n) is 8.25. The molecule has 88 valence electrons. The highest BCUT2D eigenvalue weighted by Crippen LogP contribution is 2.34. The van der Waals surface area contributed by atoms with Gasteiger partial charge >= 0.3 is 0 Å². The fraction of sp³-hybridized carbons (Fsp3) is 0. The summed E-state index contributed by atoms with van der Waals surface area (Å²) in [5.74, 6) is 0. The third-order valence-electron chi connectivity index (χ3n) is 1.79. The number of sulfonamides is 1. The smallest absolute Gasteiger partial charge is 0.294 e. The van der Waals surface area contributed by atoms with E-state index in [1.807, 2.05) is 0 Å². The van der Waals surface area contributed by atoms with Gasteiger partial charge in [0, 0.05) is 0 Å². The summed E-state index contributed by atoms with van der Waals surface area (Å²) in [6.07, 6.45) is 0. The molecular weight excluding hydrogens is 280 g/mol. The molecule has 0 amide bonds. The Labute approximate surface area is 108 Å². The van der Waals surface area contributed by atoms with Crippen molar-refractivity contribution in [2.45, 2.75) is 4.90 Å². The van der Waals surface area contributed by atoms with Crippen molar-refractivity contribution in [1.82, 2.24) is 0 Å². The summed E-state index contributed by atoms with van der Waals surface area (Å²) in [6.45, 7) is 0. The minimum atomic E-state index is -4.07. The highest BCUT2D eigenvalue weighted by Gasteiger charge is 2.22. The molecule has 0 spiro atoms. The van der Waals surface area contributed by atoms with E-state index in [1.54, 1.807) is 5.16 Å². The monoisotopic (exact) mass is 286 g/mol. The molecule has 17 heavy (non-hydrogen) atoms. The second-order valence-electron chi connectivity index (χ2n) is 2.78. The molecule has 0 aliphatic heterocycles. The second-order valence-corrected chi connectivity index (χ2v) is 4.68. The largest absolute Gasteiger partial charge is 0.398 e. The molecule has 0 aromatic heterocycles. The highest BCUT2D eigenvalue weighted by molar-refractivity contribution is 7.91. The number of anilines is 2. The van der Waals surface area contributed by atoms with Crippen LogP contribution in [0, 0.1) is 0 Å². The summed E-state index contributed by atoms with van der Waals surface area (Å²) in [5, 5.41) is 3.84. The lowest BCUT2D eigenvalue weighted by atomic mass is 10.2. The lowest BCUT2D eigenvalue weighted by molar-refractivity contribution is 0.599. The van der Waals surface area contributed by atoms with Gasteiger partial charge in [-0.1, -0.05) is 0 Å². The standard InChI is InChI=1S/C8H6N4O2S3/c9-5-1-2-6(11-3-15)7(10)8(5)17(13,14)12-4-16/h1-2H,9-10H2. The average Bonchev–Trinajstić information content (AvgIpc) is 2.22. The van der Waals surface area contributed by atoms with Crippen molar-refractivity contribution < 1.29 is 8.42 Å². The maximum atomic E-state index is 11.7. The number of nitrogens with two attached hydrogens (primary N) is 2. The zero-order chi connectivity index (χ0) is 13.1. The molecule has 0 bridgehead atoms. The lowest BCUT2D eigenvalue weighted by Crippen LogP contribution is -2.06. The van der Waals surface area contributed by atoms with Gasteiger partial charge in [-0.3, -0.25) is 0 Å². The van der Waals surface area contributed by atoms with E-state index in [0.29, 0.717) is 0 Å². The fourth-order valence-electron chi connectivity index (χ4n) is 1.14. The number of nitrogen functional groups attached to an aromatic ring is 2. The van der Waals surface area contributed by atoms with Crippen LogP contribution in [0.4, 0.5) is 17.1 Å². The first-order valence-electron chi connectivity index (χ1n) is 4.04. The van der Waals surface area contributed by atoms with Crippen LogP contribution in [0.15, 0.2) is 26.4 Å². The van der Waals surface area contributed by atoms with Crippen LogP contribution < -0.4 is 11.5 Å². The predicted molar refractivity (Wildman–Crippen MR) is 72.2 cm³/mol. The first-order valence-corrected chi connectivity index (χ1v) is 6.29. The maximum absolute atomic E-state index is 11.7. The minimum absolute atomic E-state index is 0.0557. The normalized spacial score (nSPS) is 10.1. The van der Waals surface area contributed by atoms with Gasteiger partial charge in [-0.05, 0) is 36.6 Å². The van der Waals surface area contributed by atoms with Crippen molar-refractivity contribution >= 4 is 61.8 Å². The third kappa shape index (κ3) is 2.73. The van der Waals surface area contributed by atoms with Crippen LogP contribution in [0.2, 0.25) is 0 Å². The Bertz CT molecular complexity index is 656. The number of thiocarbonyl (C=S) groups is 2. The average molecular weight is 286 g/mol. The molecule has 9 heteroatoms. The zero-order valence-corrected chi connectivity index (χ0v) is 10.7. The van der Waals surface area contributed by atoms with Gasteiger partial charge in [0.2, 0.25) is 0 Å². The number of isothiocyanates is 2. The van der Waals surface area contributed by atoms with Crippen molar-refractivity contribution in [2.24, 2.45) is 9.39 Å². The molecule has 0 aliphatic carbocycles. The van der Waals surface area contributed by atoms with Gasteiger partial charge in [0.1, 0.15) is 4.90 Å². The topological polar surface area (TPSA) is 111 Å². The van der Waals surface area contributed by atoms with E-state index < -0.39 is 10.0 Å². The van der Waals surface area contributed by atoms with Crippen molar-refractivity contribution in [3.8, 4) is 0 Å². The van der Waals surface area contributed by atoms with Crippen LogP contribution in [-0.2, 0) is 10.0 Å². The Morgan fingerprint density at radius 1 is 1.18 bits per heavy atom. The highest BCUT2D eigenvalue weighted by atomic mass is 32.2. The molecule has 1 rings (SSSR count). The maximum Gasteiger partial charge on any atom is 0.294 e. The van der Waals surface area contributed by atoms with Crippen molar-refractivity contribution in [1.29, 1.82) is 0 Å². The predicted octanol–water partition coefficient (Wildman–Crippen LogP) is 1.38. The van der Waals surface area contributed by atoms with Crippen LogP contribution >= 0.6 is 24.4 Å². The van der Waals surface area contributed by atoms with E-state index in [9.17, 15) is 8.42 Å². The van der Waals surface area contributed by atoms with Gasteiger partial charge in [-0.25, -0.2) is 0 Å². The van der Waals surface area contributed by atoms with Crippen molar-refractivity contribution in [3.63, 3.8) is 0 Å². The van der Waals surface area contributed by atoms with Gasteiger partial charge in [0.25, 0.3) is 10.0 Å². The number of hydrogen-bond acceptors (Lipinski definition) is 7. The molecule has 0 unspecified atom stereocenters. The summed E-state index contributed by atoms with van der Waals surface area (Å²) in [7, 11) is -4.07. The molecule has 0 saturated heterocycles. The Hall–Kier alpha value is -1.63. The van der Waals surface area contributed by atoms with Gasteiger partial charge in [0.05, 0.1) is 27.4 Å². The van der Waals surface area contributed by atoms with Gasteiger partial charge in [0.15, 0.2) is 0 Å². The van der Waals surface area contributed by atoms with Crippen LogP contribution in [0.25, 0.3) is 0 Å². The summed E-state index contributed by atoms with van der Waals surface area (Å²) >= 11 is 8.65. The molecule has 0 fully saturated rings. The van der Waals surface area contributed by atoms with Crippen LogP contribution in [-0.4, -0.2) is 18.7 Å². The Kier molecular flexibility index (Phi) is 4.06. The molecule has 6 nitrogen and oxygen atoms in total. The summed E-state index contributed by atoms with van der Waals surface area (Å²) < 4.78 is 26.4. The SMILES string of the molecule is Nc1ccc(N=C=S)c(N)c1S(=O)(=O)N=C=S. The van der Waals surface area contributed by atoms with Crippen LogP contribution in [0.3, 0.4) is 0 Å². The molecule has 0 saturated carbocycles. The molecule has 0 radical (unpaired) electrons. The number of hydrogen-bond donors (Lipinski definition) is 2. The number of nitrogens with zero attached hydrogens (tertiary/aromatic N) is 2. The summed E-state index contributed by atoms with van der Waals surface area (Å²) in [6, 6.07) is 2.75. The first-order chi connectivity index (χ1) is 7.94. The van der Waals surface area contributed by atoms with E-state index in [1.165, 1.54) is 12.1 Å². The van der Waals surface area contributed by atoms with E-state index >= 15 is 0 Å². The molecule has 0 atom stereocenters. The van der Waals surface area contributed by atoms with E-state index in [-0.39, 0.29) is 22.0 Å². The third-order valence-corrected chi connectivity index (χ3v) is 3.39. The summed E-state index contributed by atoms with van der Waals surface area (Å²) in [4.78, 5) is 3.25. The number of benzene rings is 1. The van der Waals surface area contributed by atoms with Crippen LogP contribution in [0.5, 0.6) is 0 Å². The Morgan fingerprint density at radius 2 is 1.82 bits per heavy atom. The number of rotatable bonds is 3. The lowest BCUT2D eigenvalue weighted by Gasteiger charge is -2.07. The molecule has 0 heterocycles. The fourth-order valence-corrected chi connectivity index (χ4v) is 2.47.